The van der Waals surface area contributed by atoms with Crippen molar-refractivity contribution < 1.29 is 19.0 Å². The maximum absolute atomic E-state index is 12.8. The highest BCUT2D eigenvalue weighted by molar-refractivity contribution is 5.92. The first-order valence-electron chi connectivity index (χ1n) is 9.07. The number of benzene rings is 2. The Morgan fingerprint density at radius 2 is 1.71 bits per heavy atom. The van der Waals surface area contributed by atoms with Crippen LogP contribution in [-0.2, 0) is 6.42 Å². The summed E-state index contributed by atoms with van der Waals surface area (Å²) < 4.78 is 17.9. The van der Waals surface area contributed by atoms with E-state index in [1.54, 1.807) is 28.9 Å². The molecule has 3 rings (SSSR count). The van der Waals surface area contributed by atoms with Gasteiger partial charge in [-0.1, -0.05) is 19.1 Å². The summed E-state index contributed by atoms with van der Waals surface area (Å²) in [5.74, 6) is 0.899. The normalized spacial score (nSPS) is 10.6. The van der Waals surface area contributed by atoms with Gasteiger partial charge in [0.05, 0.1) is 31.2 Å². The van der Waals surface area contributed by atoms with E-state index in [0.29, 0.717) is 22.9 Å². The summed E-state index contributed by atoms with van der Waals surface area (Å²) in [6.07, 6.45) is 0.732. The number of hydrogen-bond donors (Lipinski definition) is 0. The molecule has 0 amide bonds. The van der Waals surface area contributed by atoms with E-state index < -0.39 is 5.97 Å². The van der Waals surface area contributed by atoms with Gasteiger partial charge in [-0.15, -0.1) is 0 Å². The van der Waals surface area contributed by atoms with Crippen molar-refractivity contribution >= 4 is 5.97 Å². The van der Waals surface area contributed by atoms with Crippen molar-refractivity contribution in [1.82, 2.24) is 9.78 Å². The zero-order valence-electron chi connectivity index (χ0n) is 16.8. The minimum Gasteiger partial charge on any atom is -0.497 e. The fourth-order valence-corrected chi connectivity index (χ4v) is 2.87. The Morgan fingerprint density at radius 1 is 1.04 bits per heavy atom. The van der Waals surface area contributed by atoms with Crippen molar-refractivity contribution in [3.63, 3.8) is 0 Å². The van der Waals surface area contributed by atoms with Crippen molar-refractivity contribution in [3.8, 4) is 23.1 Å². The third kappa shape index (κ3) is 3.86. The molecule has 6 heteroatoms. The zero-order chi connectivity index (χ0) is 20.3. The molecule has 146 valence electrons. The van der Waals surface area contributed by atoms with Gasteiger partial charge in [0.15, 0.2) is 0 Å². The van der Waals surface area contributed by atoms with Gasteiger partial charge in [0.2, 0.25) is 5.88 Å². The Hall–Kier alpha value is -3.28. The highest BCUT2D eigenvalue weighted by Crippen LogP contribution is 2.27. The van der Waals surface area contributed by atoms with Crippen molar-refractivity contribution in [1.29, 1.82) is 0 Å². The number of rotatable bonds is 6. The summed E-state index contributed by atoms with van der Waals surface area (Å²) in [6, 6.07) is 12.7. The monoisotopic (exact) mass is 380 g/mol. The Balaban J connectivity index is 2.00. The number of esters is 1. The van der Waals surface area contributed by atoms with Crippen molar-refractivity contribution in [3.05, 3.63) is 64.8 Å². The highest BCUT2D eigenvalue weighted by atomic mass is 16.5. The van der Waals surface area contributed by atoms with E-state index in [2.05, 4.69) is 5.10 Å². The number of ether oxygens (including phenoxy) is 3. The summed E-state index contributed by atoms with van der Waals surface area (Å²) in [5, 5.41) is 4.61. The topological polar surface area (TPSA) is 62.6 Å². The molecule has 1 heterocycles. The van der Waals surface area contributed by atoms with Gasteiger partial charge in [-0.05, 0) is 49.6 Å². The van der Waals surface area contributed by atoms with Crippen molar-refractivity contribution in [2.45, 2.75) is 27.2 Å². The maximum atomic E-state index is 12.8. The molecule has 0 aliphatic heterocycles. The molecule has 0 saturated heterocycles. The molecule has 3 aromatic rings. The molecule has 6 nitrogen and oxygen atoms in total. The molecular weight excluding hydrogens is 356 g/mol. The van der Waals surface area contributed by atoms with Gasteiger partial charge in [-0.3, -0.25) is 0 Å². The molecule has 0 aliphatic carbocycles. The van der Waals surface area contributed by atoms with E-state index >= 15 is 0 Å². The third-order valence-corrected chi connectivity index (χ3v) is 4.68. The van der Waals surface area contributed by atoms with Crippen LogP contribution in [0.15, 0.2) is 42.5 Å². The van der Waals surface area contributed by atoms with E-state index in [0.717, 1.165) is 28.9 Å². The summed E-state index contributed by atoms with van der Waals surface area (Å²) in [7, 11) is 3.07. The third-order valence-electron chi connectivity index (χ3n) is 4.68. The fraction of sp³-hybridized carbons (Fsp3) is 0.273. The van der Waals surface area contributed by atoms with E-state index in [1.165, 1.54) is 14.2 Å². The average molecular weight is 380 g/mol. The Morgan fingerprint density at radius 3 is 2.32 bits per heavy atom. The highest BCUT2D eigenvalue weighted by Gasteiger charge is 2.18. The lowest BCUT2D eigenvalue weighted by Crippen LogP contribution is -2.12. The molecule has 0 bridgehead atoms. The van der Waals surface area contributed by atoms with Crippen molar-refractivity contribution in [2.75, 3.05) is 14.2 Å². The number of aromatic nitrogens is 2. The van der Waals surface area contributed by atoms with E-state index in [-0.39, 0.29) is 0 Å². The first-order chi connectivity index (χ1) is 13.5. The molecule has 1 aromatic heterocycles. The summed E-state index contributed by atoms with van der Waals surface area (Å²) in [5.41, 5.74) is 4.27. The molecule has 0 radical (unpaired) electrons. The van der Waals surface area contributed by atoms with Gasteiger partial charge in [0, 0.05) is 12.1 Å². The molecular formula is C22H24N2O4. The second kappa shape index (κ2) is 8.17. The summed E-state index contributed by atoms with van der Waals surface area (Å²) in [4.78, 5) is 12.8. The molecule has 28 heavy (non-hydrogen) atoms. The molecule has 0 fully saturated rings. The average Bonchev–Trinajstić information content (AvgIpc) is 3.12. The number of carbonyl (C=O) groups excluding carboxylic acids is 1. The van der Waals surface area contributed by atoms with E-state index in [9.17, 15) is 4.79 Å². The number of carbonyl (C=O) groups is 1. The van der Waals surface area contributed by atoms with Crippen LogP contribution >= 0.6 is 0 Å². The first-order valence-corrected chi connectivity index (χ1v) is 9.07. The van der Waals surface area contributed by atoms with Gasteiger partial charge in [-0.25, -0.2) is 9.48 Å². The van der Waals surface area contributed by atoms with Gasteiger partial charge in [0.1, 0.15) is 11.5 Å². The molecule has 0 spiro atoms. The second-order valence-corrected chi connectivity index (χ2v) is 6.45. The van der Waals surface area contributed by atoms with Crippen LogP contribution in [0.1, 0.15) is 34.1 Å². The fourth-order valence-electron chi connectivity index (χ4n) is 2.87. The second-order valence-electron chi connectivity index (χ2n) is 6.45. The van der Waals surface area contributed by atoms with Gasteiger partial charge >= 0.3 is 5.97 Å². The quantitative estimate of drug-likeness (QED) is 0.597. The molecule has 0 atom stereocenters. The lowest BCUT2D eigenvalue weighted by atomic mass is 10.1. The zero-order valence-corrected chi connectivity index (χ0v) is 16.8. The Kier molecular flexibility index (Phi) is 5.68. The number of methoxy groups -OCH3 is 2. The van der Waals surface area contributed by atoms with E-state index in [1.807, 2.05) is 39.0 Å². The summed E-state index contributed by atoms with van der Waals surface area (Å²) >= 11 is 0. The van der Waals surface area contributed by atoms with Crippen LogP contribution in [-0.4, -0.2) is 30.0 Å². The molecule has 0 N–H and O–H groups in total. The molecule has 0 unspecified atom stereocenters. The SMILES string of the molecule is CCc1cc(OC(=O)c2cc(OC)cc(OC)c2)n(-c2cccc(C)c2C)n1. The van der Waals surface area contributed by atoms with Crippen LogP contribution in [0.2, 0.25) is 0 Å². The predicted molar refractivity (Wildman–Crippen MR) is 107 cm³/mol. The summed E-state index contributed by atoms with van der Waals surface area (Å²) in [6.45, 7) is 6.07. The molecule has 2 aromatic carbocycles. The lowest BCUT2D eigenvalue weighted by Gasteiger charge is -2.12. The van der Waals surface area contributed by atoms with Gasteiger partial charge < -0.3 is 14.2 Å². The smallest absolute Gasteiger partial charge is 0.345 e. The molecule has 0 saturated carbocycles. The van der Waals surface area contributed by atoms with Crippen LogP contribution < -0.4 is 14.2 Å². The maximum Gasteiger partial charge on any atom is 0.345 e. The number of hydrogen-bond acceptors (Lipinski definition) is 5. The number of aryl methyl sites for hydroxylation is 2. The predicted octanol–water partition coefficient (Wildman–Crippen LogP) is 4.29. The first kappa shape index (κ1) is 19.5. The minimum atomic E-state index is -0.508. The number of nitrogens with zero attached hydrogens (tertiary/aromatic N) is 2. The van der Waals surface area contributed by atoms with Crippen LogP contribution in [0.4, 0.5) is 0 Å². The van der Waals surface area contributed by atoms with Crippen LogP contribution in [0.25, 0.3) is 5.69 Å². The lowest BCUT2D eigenvalue weighted by molar-refractivity contribution is 0.0722. The van der Waals surface area contributed by atoms with Crippen LogP contribution in [0, 0.1) is 13.8 Å². The minimum absolute atomic E-state index is 0.336. The van der Waals surface area contributed by atoms with Crippen molar-refractivity contribution in [2.24, 2.45) is 0 Å². The van der Waals surface area contributed by atoms with E-state index in [4.69, 9.17) is 14.2 Å². The van der Waals surface area contributed by atoms with Gasteiger partial charge in [-0.2, -0.15) is 5.10 Å². The Bertz CT molecular complexity index is 986. The molecule has 0 aliphatic rings. The standard InChI is InChI=1S/C22H24N2O4/c1-6-17-12-21(24(23-17)20-9-7-8-14(2)15(20)3)28-22(25)16-10-18(26-4)13-19(11-16)27-5/h7-13H,6H2,1-5H3. The van der Waals surface area contributed by atoms with Crippen LogP contribution in [0.5, 0.6) is 17.4 Å². The van der Waals surface area contributed by atoms with Crippen LogP contribution in [0.3, 0.4) is 0 Å². The van der Waals surface area contributed by atoms with Gasteiger partial charge in [0.25, 0.3) is 0 Å². The largest absolute Gasteiger partial charge is 0.497 e. The Labute approximate surface area is 164 Å².